The van der Waals surface area contributed by atoms with Crippen molar-refractivity contribution in [3.63, 3.8) is 0 Å². The van der Waals surface area contributed by atoms with E-state index in [2.05, 4.69) is 38.1 Å². The summed E-state index contributed by atoms with van der Waals surface area (Å²) in [4.78, 5) is 33.0. The van der Waals surface area contributed by atoms with Crippen LogP contribution in [-0.2, 0) is 24.3 Å². The molecular weight excluding hydrogens is 440 g/mol. The van der Waals surface area contributed by atoms with Crippen molar-refractivity contribution in [1.29, 1.82) is 0 Å². The van der Waals surface area contributed by atoms with Gasteiger partial charge in [0.1, 0.15) is 6.54 Å². The van der Waals surface area contributed by atoms with Gasteiger partial charge < -0.3 is 9.80 Å². The summed E-state index contributed by atoms with van der Waals surface area (Å²) in [5.41, 5.74) is 3.02. The first-order valence-corrected chi connectivity index (χ1v) is 13.1. The molecule has 0 bridgehead atoms. The predicted octanol–water partition coefficient (Wildman–Crippen LogP) is 6.23. The molecule has 1 fully saturated rings. The highest BCUT2D eigenvalue weighted by molar-refractivity contribution is 7.11. The topological polar surface area (TPSA) is 40.6 Å². The third-order valence-electron chi connectivity index (χ3n) is 6.29. The normalized spacial score (nSPS) is 13.0. The molecule has 5 heteroatoms. The minimum absolute atomic E-state index is 0.00489. The van der Waals surface area contributed by atoms with E-state index in [1.807, 2.05) is 47.4 Å². The van der Waals surface area contributed by atoms with Gasteiger partial charge >= 0.3 is 0 Å². The number of benzene rings is 2. The fraction of sp³-hybridized carbons (Fsp3) is 0.379. The van der Waals surface area contributed by atoms with Crippen LogP contribution in [0.5, 0.6) is 0 Å². The standard InChI is InChI=1S/C29H34N2O2S/c1-3-4-8-23-12-14-25(15-13-23)29(33)31(26-16-17-26)21-28(32)30(19-24-9-6-5-7-10-24)20-27-18-11-22(2)34-27/h5-7,9-15,18,26H,3-4,8,16-17,19-21H2,1-2H3. The molecule has 0 N–H and O–H groups in total. The number of carbonyl (C=O) groups excluding carboxylic acids is 2. The average Bonchev–Trinajstić information content (AvgIpc) is 3.62. The molecule has 0 spiro atoms. The summed E-state index contributed by atoms with van der Waals surface area (Å²) < 4.78 is 0. The molecule has 0 saturated heterocycles. The van der Waals surface area contributed by atoms with Gasteiger partial charge in [0.25, 0.3) is 5.91 Å². The molecule has 0 radical (unpaired) electrons. The number of amides is 2. The molecule has 1 aliphatic carbocycles. The van der Waals surface area contributed by atoms with Gasteiger partial charge in [-0.05, 0) is 68.0 Å². The number of carbonyl (C=O) groups is 2. The third-order valence-corrected chi connectivity index (χ3v) is 7.27. The summed E-state index contributed by atoms with van der Waals surface area (Å²) in [5.74, 6) is -0.0424. The maximum absolute atomic E-state index is 13.5. The molecule has 1 aromatic heterocycles. The Morgan fingerprint density at radius 3 is 2.26 bits per heavy atom. The number of nitrogens with zero attached hydrogens (tertiary/aromatic N) is 2. The molecule has 4 nitrogen and oxygen atoms in total. The van der Waals surface area contributed by atoms with Gasteiger partial charge in [0.15, 0.2) is 0 Å². The van der Waals surface area contributed by atoms with Crippen LogP contribution in [0, 0.1) is 6.92 Å². The van der Waals surface area contributed by atoms with E-state index in [0.29, 0.717) is 18.7 Å². The Bertz CT molecular complexity index is 1090. The summed E-state index contributed by atoms with van der Waals surface area (Å²) in [7, 11) is 0. The van der Waals surface area contributed by atoms with E-state index in [1.165, 1.54) is 10.4 Å². The van der Waals surface area contributed by atoms with Crippen molar-refractivity contribution in [2.75, 3.05) is 6.54 Å². The first-order chi connectivity index (χ1) is 16.5. The van der Waals surface area contributed by atoms with E-state index >= 15 is 0 Å². The Morgan fingerprint density at radius 1 is 0.912 bits per heavy atom. The van der Waals surface area contributed by atoms with Crippen LogP contribution < -0.4 is 0 Å². The molecule has 0 atom stereocenters. The summed E-state index contributed by atoms with van der Waals surface area (Å²) in [6.45, 7) is 5.49. The molecule has 178 valence electrons. The number of rotatable bonds is 11. The van der Waals surface area contributed by atoms with Gasteiger partial charge in [-0.1, -0.05) is 55.8 Å². The number of hydrogen-bond acceptors (Lipinski definition) is 3. The van der Waals surface area contributed by atoms with Gasteiger partial charge in [0, 0.05) is 27.9 Å². The van der Waals surface area contributed by atoms with Crippen molar-refractivity contribution < 1.29 is 9.59 Å². The predicted molar refractivity (Wildman–Crippen MR) is 139 cm³/mol. The number of thiophene rings is 1. The molecule has 1 heterocycles. The van der Waals surface area contributed by atoms with E-state index in [1.54, 1.807) is 16.2 Å². The fourth-order valence-corrected chi connectivity index (χ4v) is 5.06. The first-order valence-electron chi connectivity index (χ1n) is 12.3. The van der Waals surface area contributed by atoms with Gasteiger partial charge in [-0.3, -0.25) is 9.59 Å². The van der Waals surface area contributed by atoms with Gasteiger partial charge in [-0.15, -0.1) is 11.3 Å². The maximum atomic E-state index is 13.5. The number of unbranched alkanes of at least 4 members (excludes halogenated alkanes) is 1. The van der Waals surface area contributed by atoms with E-state index in [9.17, 15) is 9.59 Å². The van der Waals surface area contributed by atoms with Crippen LogP contribution >= 0.6 is 11.3 Å². The van der Waals surface area contributed by atoms with Gasteiger partial charge in [0.05, 0.1) is 6.54 Å². The van der Waals surface area contributed by atoms with Gasteiger partial charge in [0.2, 0.25) is 5.91 Å². The van der Waals surface area contributed by atoms with E-state index in [0.717, 1.165) is 42.5 Å². The molecule has 1 saturated carbocycles. The van der Waals surface area contributed by atoms with Crippen LogP contribution in [0.2, 0.25) is 0 Å². The SMILES string of the molecule is CCCCc1ccc(C(=O)N(CC(=O)N(Cc2ccccc2)Cc2ccc(C)s2)C2CC2)cc1. The Balaban J connectivity index is 1.48. The molecule has 2 amide bonds. The highest BCUT2D eigenvalue weighted by Crippen LogP contribution is 2.29. The smallest absolute Gasteiger partial charge is 0.254 e. The molecule has 3 aromatic rings. The lowest BCUT2D eigenvalue weighted by Gasteiger charge is -2.28. The maximum Gasteiger partial charge on any atom is 0.254 e. The molecule has 1 aliphatic rings. The lowest BCUT2D eigenvalue weighted by atomic mass is 10.1. The first kappa shape index (κ1) is 24.2. The van der Waals surface area contributed by atoms with Crippen LogP contribution in [-0.4, -0.2) is 34.2 Å². The second-order valence-electron chi connectivity index (χ2n) is 9.21. The van der Waals surface area contributed by atoms with Crippen molar-refractivity contribution in [1.82, 2.24) is 9.80 Å². The van der Waals surface area contributed by atoms with Crippen molar-refractivity contribution in [2.24, 2.45) is 0 Å². The Labute approximate surface area is 207 Å². The average molecular weight is 475 g/mol. The number of hydrogen-bond donors (Lipinski definition) is 0. The second kappa shape index (κ2) is 11.5. The minimum atomic E-state index is -0.0375. The van der Waals surface area contributed by atoms with Crippen molar-refractivity contribution in [2.45, 2.75) is 65.1 Å². The Kier molecular flexibility index (Phi) is 8.17. The minimum Gasteiger partial charge on any atom is -0.332 e. The molecule has 2 aromatic carbocycles. The summed E-state index contributed by atoms with van der Waals surface area (Å²) in [6.07, 6.45) is 5.28. The van der Waals surface area contributed by atoms with E-state index in [-0.39, 0.29) is 24.4 Å². The zero-order valence-corrected chi connectivity index (χ0v) is 21.0. The monoisotopic (exact) mass is 474 g/mol. The molecule has 0 unspecified atom stereocenters. The summed E-state index contributed by atoms with van der Waals surface area (Å²) in [6, 6.07) is 22.4. The zero-order chi connectivity index (χ0) is 23.9. The van der Waals surface area contributed by atoms with Crippen molar-refractivity contribution in [3.05, 3.63) is 93.2 Å². The van der Waals surface area contributed by atoms with Crippen LogP contribution in [0.4, 0.5) is 0 Å². The van der Waals surface area contributed by atoms with Gasteiger partial charge in [-0.2, -0.15) is 0 Å². The lowest BCUT2D eigenvalue weighted by Crippen LogP contribution is -2.43. The quantitative estimate of drug-likeness (QED) is 0.330. The zero-order valence-electron chi connectivity index (χ0n) is 20.2. The molecule has 34 heavy (non-hydrogen) atoms. The van der Waals surface area contributed by atoms with Crippen LogP contribution in [0.1, 0.15) is 63.8 Å². The van der Waals surface area contributed by atoms with Crippen LogP contribution in [0.25, 0.3) is 0 Å². The Hall–Kier alpha value is -2.92. The molecule has 4 rings (SSSR count). The summed E-state index contributed by atoms with van der Waals surface area (Å²) in [5, 5.41) is 0. The fourth-order valence-electron chi connectivity index (χ4n) is 4.15. The van der Waals surface area contributed by atoms with Crippen molar-refractivity contribution >= 4 is 23.2 Å². The Morgan fingerprint density at radius 2 is 1.65 bits per heavy atom. The van der Waals surface area contributed by atoms with E-state index < -0.39 is 0 Å². The number of aryl methyl sites for hydroxylation is 2. The van der Waals surface area contributed by atoms with E-state index in [4.69, 9.17) is 0 Å². The van der Waals surface area contributed by atoms with Crippen LogP contribution in [0.15, 0.2) is 66.7 Å². The highest BCUT2D eigenvalue weighted by Gasteiger charge is 2.35. The lowest BCUT2D eigenvalue weighted by molar-refractivity contribution is -0.133. The molecule has 0 aliphatic heterocycles. The molecular formula is C29H34N2O2S. The second-order valence-corrected chi connectivity index (χ2v) is 10.6. The largest absolute Gasteiger partial charge is 0.332 e. The highest BCUT2D eigenvalue weighted by atomic mass is 32.1. The van der Waals surface area contributed by atoms with Gasteiger partial charge in [-0.25, -0.2) is 0 Å². The van der Waals surface area contributed by atoms with Crippen LogP contribution in [0.3, 0.4) is 0 Å². The third kappa shape index (κ3) is 6.57. The summed E-state index contributed by atoms with van der Waals surface area (Å²) >= 11 is 1.72. The van der Waals surface area contributed by atoms with Crippen molar-refractivity contribution in [3.8, 4) is 0 Å².